The Morgan fingerprint density at radius 2 is 1.97 bits per heavy atom. The largest absolute Gasteiger partial charge is 0.495 e. The Hall–Kier alpha value is -2.61. The van der Waals surface area contributed by atoms with Crippen LogP contribution < -0.4 is 20.3 Å². The fraction of sp³-hybridized carbons (Fsp3) is 0.571. The van der Waals surface area contributed by atoms with Crippen molar-refractivity contribution in [2.45, 2.75) is 51.0 Å². The molecule has 3 rings (SSSR count). The maximum Gasteiger partial charge on any atom is 0.329 e. The van der Waals surface area contributed by atoms with Crippen LogP contribution in [0.4, 0.5) is 10.5 Å². The molecule has 2 fully saturated rings. The van der Waals surface area contributed by atoms with Crippen LogP contribution >= 0.6 is 0 Å². The molecular formula is C21H31N4O4+. The number of carbonyl (C=O) groups excluding carboxylic acids is 3. The summed E-state index contributed by atoms with van der Waals surface area (Å²) in [6, 6.07) is 6.88. The van der Waals surface area contributed by atoms with Crippen LogP contribution in [0.25, 0.3) is 0 Å². The number of nitrogens with zero attached hydrogens (tertiary/aromatic N) is 1. The number of imide groups is 1. The van der Waals surface area contributed by atoms with Crippen molar-refractivity contribution in [2.75, 3.05) is 32.2 Å². The van der Waals surface area contributed by atoms with Gasteiger partial charge >= 0.3 is 6.03 Å². The molecule has 1 aliphatic heterocycles. The predicted molar refractivity (Wildman–Crippen MR) is 109 cm³/mol. The third kappa shape index (κ3) is 4.70. The van der Waals surface area contributed by atoms with Gasteiger partial charge in [0.25, 0.3) is 11.8 Å². The first-order valence-corrected chi connectivity index (χ1v) is 10.4. The smallest absolute Gasteiger partial charge is 0.329 e. The molecule has 0 radical (unpaired) electrons. The summed E-state index contributed by atoms with van der Waals surface area (Å²) in [4.78, 5) is 40.3. The first-order valence-electron chi connectivity index (χ1n) is 10.4. The quantitative estimate of drug-likeness (QED) is 0.568. The number of benzene rings is 1. The number of rotatable bonds is 8. The number of quaternary nitrogens is 1. The van der Waals surface area contributed by atoms with E-state index >= 15 is 0 Å². The van der Waals surface area contributed by atoms with Gasteiger partial charge in [-0.1, -0.05) is 38.3 Å². The van der Waals surface area contributed by atoms with Crippen LogP contribution in [0, 0.1) is 0 Å². The number of nitrogens with one attached hydrogen (secondary N) is 3. The number of anilines is 1. The highest BCUT2D eigenvalue weighted by Crippen LogP contribution is 2.33. The Kier molecular flexibility index (Phi) is 6.74. The highest BCUT2D eigenvalue weighted by Gasteiger charge is 2.52. The van der Waals surface area contributed by atoms with E-state index in [4.69, 9.17) is 4.74 Å². The minimum Gasteiger partial charge on any atom is -0.495 e. The summed E-state index contributed by atoms with van der Waals surface area (Å²) in [5.74, 6) is 0.268. The topological polar surface area (TPSA) is 92.2 Å². The normalized spacial score (nSPS) is 19.2. The van der Waals surface area contributed by atoms with Gasteiger partial charge in [0.2, 0.25) is 0 Å². The highest BCUT2D eigenvalue weighted by molar-refractivity contribution is 6.07. The Morgan fingerprint density at radius 3 is 2.66 bits per heavy atom. The molecule has 1 spiro atoms. The van der Waals surface area contributed by atoms with Crippen LogP contribution in [0.2, 0.25) is 0 Å². The number of carbonyl (C=O) groups is 3. The second kappa shape index (κ2) is 9.26. The molecule has 0 bridgehead atoms. The number of methoxy groups -OCH3 is 1. The summed E-state index contributed by atoms with van der Waals surface area (Å²) in [6.07, 6.45) is 5.24. The van der Waals surface area contributed by atoms with Crippen molar-refractivity contribution >= 4 is 23.5 Å². The van der Waals surface area contributed by atoms with E-state index in [-0.39, 0.29) is 31.1 Å². The zero-order chi connectivity index (χ0) is 20.9. The molecule has 2 aliphatic rings. The van der Waals surface area contributed by atoms with Crippen molar-refractivity contribution in [1.29, 1.82) is 0 Å². The molecule has 1 aromatic carbocycles. The second-order valence-corrected chi connectivity index (χ2v) is 7.89. The average Bonchev–Trinajstić information content (AvgIpc) is 2.93. The molecule has 8 heteroatoms. The van der Waals surface area contributed by atoms with Crippen molar-refractivity contribution in [1.82, 2.24) is 10.2 Å². The maximum atomic E-state index is 13.0. The molecule has 0 aromatic heterocycles. The Morgan fingerprint density at radius 1 is 1.24 bits per heavy atom. The van der Waals surface area contributed by atoms with E-state index in [9.17, 15) is 14.4 Å². The molecule has 1 atom stereocenters. The first kappa shape index (κ1) is 21.1. The van der Waals surface area contributed by atoms with Gasteiger partial charge in [-0.15, -0.1) is 0 Å². The van der Waals surface area contributed by atoms with Gasteiger partial charge in [0.1, 0.15) is 11.3 Å². The number of urea groups is 1. The molecule has 1 aliphatic carbocycles. The fourth-order valence-electron chi connectivity index (χ4n) is 4.28. The summed E-state index contributed by atoms with van der Waals surface area (Å²) in [5.41, 5.74) is -0.126. The summed E-state index contributed by atoms with van der Waals surface area (Å²) >= 11 is 0. The Labute approximate surface area is 171 Å². The maximum absolute atomic E-state index is 13.0. The number of ether oxygens (including phenoxy) is 1. The average molecular weight is 404 g/mol. The highest BCUT2D eigenvalue weighted by atomic mass is 16.5. The molecule has 1 saturated heterocycles. The van der Waals surface area contributed by atoms with Gasteiger partial charge in [0.15, 0.2) is 13.2 Å². The van der Waals surface area contributed by atoms with Crippen LogP contribution in [-0.2, 0) is 9.59 Å². The van der Waals surface area contributed by atoms with E-state index < -0.39 is 5.54 Å². The monoisotopic (exact) mass is 403 g/mol. The standard InChI is InChI=1S/C21H30N4O4/c1-3-13-24(14-18(26)22-16-9-5-6-10-17(16)29-2)15-25-19(27)21(23-20(25)28)11-7-4-8-12-21/h5-6,9-10H,3-4,7-8,11-15H2,1-2H3,(H,22,26)(H,23,28)/p+1. The van der Waals surface area contributed by atoms with Crippen molar-refractivity contribution in [3.05, 3.63) is 24.3 Å². The van der Waals surface area contributed by atoms with E-state index in [0.29, 0.717) is 30.8 Å². The Balaban J connectivity index is 1.64. The van der Waals surface area contributed by atoms with Crippen LogP contribution in [0.1, 0.15) is 45.4 Å². The van der Waals surface area contributed by atoms with E-state index in [0.717, 1.165) is 30.6 Å². The zero-order valence-electron chi connectivity index (χ0n) is 17.3. The van der Waals surface area contributed by atoms with Crippen molar-refractivity contribution in [3.63, 3.8) is 0 Å². The third-order valence-corrected chi connectivity index (χ3v) is 5.73. The molecule has 1 aromatic rings. The number of hydrogen-bond donors (Lipinski definition) is 3. The summed E-state index contributed by atoms with van der Waals surface area (Å²) < 4.78 is 5.27. The molecule has 4 amide bonds. The molecule has 8 nitrogen and oxygen atoms in total. The van der Waals surface area contributed by atoms with Gasteiger partial charge in [-0.25, -0.2) is 9.69 Å². The molecule has 1 heterocycles. The molecular weight excluding hydrogens is 372 g/mol. The third-order valence-electron chi connectivity index (χ3n) is 5.73. The minimum absolute atomic E-state index is 0.138. The van der Waals surface area contributed by atoms with Gasteiger partial charge in [0.05, 0.1) is 19.3 Å². The van der Waals surface area contributed by atoms with E-state index in [2.05, 4.69) is 10.6 Å². The van der Waals surface area contributed by atoms with Crippen molar-refractivity contribution in [3.8, 4) is 5.75 Å². The number of amides is 4. The molecule has 1 unspecified atom stereocenters. The van der Waals surface area contributed by atoms with Crippen LogP contribution in [0.5, 0.6) is 5.75 Å². The molecule has 29 heavy (non-hydrogen) atoms. The fourth-order valence-corrected chi connectivity index (χ4v) is 4.28. The molecule has 3 N–H and O–H groups in total. The lowest BCUT2D eigenvalue weighted by atomic mass is 9.82. The lowest BCUT2D eigenvalue weighted by Crippen LogP contribution is -3.14. The zero-order valence-corrected chi connectivity index (χ0v) is 17.3. The van der Waals surface area contributed by atoms with Gasteiger partial charge in [-0.2, -0.15) is 0 Å². The SMILES string of the molecule is CCC[NH+](CC(=O)Nc1ccccc1OC)CN1C(=O)NC2(CCCCC2)C1=O. The van der Waals surface area contributed by atoms with Gasteiger partial charge in [-0.3, -0.25) is 9.59 Å². The first-order chi connectivity index (χ1) is 14.0. The number of hydrogen-bond acceptors (Lipinski definition) is 4. The van der Waals surface area contributed by atoms with E-state index in [1.807, 2.05) is 19.1 Å². The van der Waals surface area contributed by atoms with E-state index in [1.54, 1.807) is 19.2 Å². The molecule has 158 valence electrons. The van der Waals surface area contributed by atoms with Gasteiger partial charge < -0.3 is 20.3 Å². The van der Waals surface area contributed by atoms with Gasteiger partial charge in [0, 0.05) is 0 Å². The van der Waals surface area contributed by atoms with Crippen LogP contribution in [-0.4, -0.2) is 55.2 Å². The number of para-hydroxylation sites is 2. The summed E-state index contributed by atoms with van der Waals surface area (Å²) in [6.45, 7) is 3.06. The predicted octanol–water partition coefficient (Wildman–Crippen LogP) is 1.14. The van der Waals surface area contributed by atoms with Crippen LogP contribution in [0.15, 0.2) is 24.3 Å². The molecule has 1 saturated carbocycles. The summed E-state index contributed by atoms with van der Waals surface area (Å²) in [7, 11) is 1.55. The van der Waals surface area contributed by atoms with Crippen molar-refractivity contribution < 1.29 is 24.0 Å². The van der Waals surface area contributed by atoms with E-state index in [1.165, 1.54) is 4.90 Å². The lowest BCUT2D eigenvalue weighted by Gasteiger charge is -2.30. The minimum atomic E-state index is -0.730. The second-order valence-electron chi connectivity index (χ2n) is 7.89. The van der Waals surface area contributed by atoms with Gasteiger partial charge in [-0.05, 0) is 31.4 Å². The van der Waals surface area contributed by atoms with Crippen LogP contribution in [0.3, 0.4) is 0 Å². The lowest BCUT2D eigenvalue weighted by molar-refractivity contribution is -0.899. The Bertz CT molecular complexity index is 761. The van der Waals surface area contributed by atoms with Crippen molar-refractivity contribution in [2.24, 2.45) is 0 Å². The summed E-state index contributed by atoms with van der Waals surface area (Å²) in [5, 5.41) is 5.80.